The number of hydrogen-bond acceptors (Lipinski definition) is 4. The van der Waals surface area contributed by atoms with Crippen LogP contribution in [-0.4, -0.2) is 24.2 Å². The Labute approximate surface area is 127 Å². The Morgan fingerprint density at radius 3 is 2.81 bits per heavy atom. The van der Waals surface area contributed by atoms with E-state index in [2.05, 4.69) is 23.7 Å². The number of aryl methyl sites for hydroxylation is 1. The van der Waals surface area contributed by atoms with E-state index in [0.717, 1.165) is 25.7 Å². The first-order valence-corrected chi connectivity index (χ1v) is 9.18. The quantitative estimate of drug-likeness (QED) is 0.869. The van der Waals surface area contributed by atoms with Gasteiger partial charge >= 0.3 is 0 Å². The molecule has 0 saturated heterocycles. The maximum Gasteiger partial charge on any atom is 0.246 e. The third kappa shape index (κ3) is 3.58. The van der Waals surface area contributed by atoms with Gasteiger partial charge < -0.3 is 5.73 Å². The van der Waals surface area contributed by atoms with E-state index in [1.54, 1.807) is 4.68 Å². The summed E-state index contributed by atoms with van der Waals surface area (Å²) in [5.74, 6) is 0.944. The molecule has 1 heterocycles. The molecular formula is C14H26N4O2S. The highest BCUT2D eigenvalue weighted by atomic mass is 32.2. The van der Waals surface area contributed by atoms with Crippen LogP contribution in [0.5, 0.6) is 0 Å². The summed E-state index contributed by atoms with van der Waals surface area (Å²) in [5, 5.41) is 4.07. The van der Waals surface area contributed by atoms with Gasteiger partial charge in [-0.1, -0.05) is 33.6 Å². The summed E-state index contributed by atoms with van der Waals surface area (Å²) < 4.78 is 29.5. The molecule has 0 amide bonds. The maximum absolute atomic E-state index is 12.5. The first-order valence-electron chi connectivity index (χ1n) is 7.70. The van der Waals surface area contributed by atoms with Crippen molar-refractivity contribution in [2.75, 3.05) is 5.73 Å². The molecule has 3 unspecified atom stereocenters. The third-order valence-corrected chi connectivity index (χ3v) is 6.02. The normalized spacial score (nSPS) is 26.9. The summed E-state index contributed by atoms with van der Waals surface area (Å²) in [6.07, 6.45) is 5.51. The molecule has 6 nitrogen and oxygen atoms in total. The second kappa shape index (κ2) is 6.36. The molecule has 3 atom stereocenters. The average Bonchev–Trinajstić information content (AvgIpc) is 2.77. The zero-order chi connectivity index (χ0) is 15.6. The van der Waals surface area contributed by atoms with Crippen molar-refractivity contribution in [1.29, 1.82) is 0 Å². The number of rotatable bonds is 5. The van der Waals surface area contributed by atoms with Crippen LogP contribution in [0.4, 0.5) is 5.82 Å². The lowest BCUT2D eigenvalue weighted by atomic mass is 9.78. The molecule has 0 aliphatic heterocycles. The van der Waals surface area contributed by atoms with Crippen LogP contribution in [0.1, 0.15) is 46.5 Å². The van der Waals surface area contributed by atoms with Gasteiger partial charge in [0, 0.05) is 18.8 Å². The fraction of sp³-hybridized carbons (Fsp3) is 0.786. The van der Waals surface area contributed by atoms with Gasteiger partial charge in [0.25, 0.3) is 0 Å². The molecule has 2 rings (SSSR count). The number of sulfonamides is 1. The van der Waals surface area contributed by atoms with Gasteiger partial charge in [-0.15, -0.1) is 0 Å². The number of nitrogens with two attached hydrogens (primary N) is 1. The molecular weight excluding hydrogens is 288 g/mol. The van der Waals surface area contributed by atoms with Gasteiger partial charge in [0.1, 0.15) is 4.90 Å². The topological polar surface area (TPSA) is 90.0 Å². The van der Waals surface area contributed by atoms with Crippen molar-refractivity contribution in [2.45, 2.75) is 63.9 Å². The summed E-state index contributed by atoms with van der Waals surface area (Å²) in [7, 11) is -3.60. The molecule has 0 spiro atoms. The number of anilines is 1. The van der Waals surface area contributed by atoms with Gasteiger partial charge in [-0.3, -0.25) is 4.68 Å². The molecule has 1 aromatic heterocycles. The summed E-state index contributed by atoms with van der Waals surface area (Å²) in [5.41, 5.74) is 5.77. The van der Waals surface area contributed by atoms with Gasteiger partial charge in [0.15, 0.2) is 5.82 Å². The molecule has 1 aliphatic carbocycles. The highest BCUT2D eigenvalue weighted by Gasteiger charge is 2.32. The Morgan fingerprint density at radius 1 is 1.43 bits per heavy atom. The van der Waals surface area contributed by atoms with Crippen molar-refractivity contribution in [3.8, 4) is 0 Å². The first-order chi connectivity index (χ1) is 9.85. The highest BCUT2D eigenvalue weighted by molar-refractivity contribution is 7.89. The number of nitrogens with zero attached hydrogens (tertiary/aromatic N) is 2. The zero-order valence-electron chi connectivity index (χ0n) is 13.0. The van der Waals surface area contributed by atoms with Crippen LogP contribution in [-0.2, 0) is 16.6 Å². The summed E-state index contributed by atoms with van der Waals surface area (Å²) in [6.45, 7) is 6.96. The minimum absolute atomic E-state index is 0.0207. The average molecular weight is 314 g/mol. The van der Waals surface area contributed by atoms with Crippen molar-refractivity contribution in [3.63, 3.8) is 0 Å². The molecule has 120 valence electrons. The Kier molecular flexibility index (Phi) is 4.93. The molecule has 0 bridgehead atoms. The van der Waals surface area contributed by atoms with E-state index in [1.165, 1.54) is 6.20 Å². The molecule has 7 heteroatoms. The van der Waals surface area contributed by atoms with Crippen LogP contribution in [0.3, 0.4) is 0 Å². The first kappa shape index (κ1) is 16.3. The molecule has 1 fully saturated rings. The summed E-state index contributed by atoms with van der Waals surface area (Å²) in [6, 6.07) is -0.0207. The second-order valence-corrected chi connectivity index (χ2v) is 7.82. The fourth-order valence-electron chi connectivity index (χ4n) is 2.98. The van der Waals surface area contributed by atoms with E-state index < -0.39 is 10.0 Å². The monoisotopic (exact) mass is 314 g/mol. The lowest BCUT2D eigenvalue weighted by molar-refractivity contribution is 0.227. The van der Waals surface area contributed by atoms with Crippen LogP contribution in [0.2, 0.25) is 0 Å². The van der Waals surface area contributed by atoms with E-state index >= 15 is 0 Å². The van der Waals surface area contributed by atoms with E-state index in [9.17, 15) is 8.42 Å². The zero-order valence-corrected chi connectivity index (χ0v) is 13.9. The minimum atomic E-state index is -3.60. The number of hydrogen-bond donors (Lipinski definition) is 2. The fourth-order valence-corrected chi connectivity index (χ4v) is 4.41. The Bertz CT molecular complexity index is 582. The number of aromatic nitrogens is 2. The van der Waals surface area contributed by atoms with Crippen LogP contribution in [0, 0.1) is 11.8 Å². The van der Waals surface area contributed by atoms with Crippen LogP contribution in [0.25, 0.3) is 0 Å². The van der Waals surface area contributed by atoms with Crippen LogP contribution in [0.15, 0.2) is 11.1 Å². The van der Waals surface area contributed by atoms with Crippen LogP contribution < -0.4 is 10.5 Å². The lowest BCUT2D eigenvalue weighted by Crippen LogP contribution is -2.43. The third-order valence-electron chi connectivity index (χ3n) is 4.51. The van der Waals surface area contributed by atoms with E-state index in [-0.39, 0.29) is 16.8 Å². The molecule has 1 aromatic rings. The molecule has 21 heavy (non-hydrogen) atoms. The van der Waals surface area contributed by atoms with Gasteiger partial charge in [-0.25, -0.2) is 13.1 Å². The van der Waals surface area contributed by atoms with Gasteiger partial charge in [0.2, 0.25) is 10.0 Å². The second-order valence-electron chi connectivity index (χ2n) is 6.14. The van der Waals surface area contributed by atoms with Crippen LogP contribution >= 0.6 is 0 Å². The molecule has 0 radical (unpaired) electrons. The molecule has 3 N–H and O–H groups in total. The van der Waals surface area contributed by atoms with E-state index in [0.29, 0.717) is 18.4 Å². The van der Waals surface area contributed by atoms with E-state index in [1.807, 2.05) is 6.92 Å². The van der Waals surface area contributed by atoms with Crippen molar-refractivity contribution in [2.24, 2.45) is 11.8 Å². The summed E-state index contributed by atoms with van der Waals surface area (Å²) >= 11 is 0. The number of nitrogens with one attached hydrogen (secondary N) is 1. The smallest absolute Gasteiger partial charge is 0.246 e. The van der Waals surface area contributed by atoms with Crippen molar-refractivity contribution in [3.05, 3.63) is 6.20 Å². The standard InChI is InChI=1S/C14H26N4O2S/c1-4-8-18-9-13(14(15)16-18)21(19,20)17-12-7-5-6-10(2)11(12)3/h9-12,17H,4-8H2,1-3H3,(H2,15,16). The molecule has 0 aromatic carbocycles. The summed E-state index contributed by atoms with van der Waals surface area (Å²) in [4.78, 5) is 0.0985. The molecule has 1 saturated carbocycles. The largest absolute Gasteiger partial charge is 0.381 e. The van der Waals surface area contributed by atoms with Gasteiger partial charge in [-0.05, 0) is 24.7 Å². The Morgan fingerprint density at radius 2 is 2.14 bits per heavy atom. The van der Waals surface area contributed by atoms with E-state index in [4.69, 9.17) is 5.73 Å². The van der Waals surface area contributed by atoms with Crippen molar-refractivity contribution < 1.29 is 8.42 Å². The van der Waals surface area contributed by atoms with Gasteiger partial charge in [0.05, 0.1) is 0 Å². The predicted molar refractivity (Wildman–Crippen MR) is 83.2 cm³/mol. The predicted octanol–water partition coefficient (Wildman–Crippen LogP) is 1.98. The lowest BCUT2D eigenvalue weighted by Gasteiger charge is -2.34. The molecule has 1 aliphatic rings. The van der Waals surface area contributed by atoms with Crippen molar-refractivity contribution >= 4 is 15.8 Å². The highest BCUT2D eigenvalue weighted by Crippen LogP contribution is 2.30. The Hall–Kier alpha value is -1.08. The SMILES string of the molecule is CCCn1cc(S(=O)(=O)NC2CCCC(C)C2C)c(N)n1. The van der Waals surface area contributed by atoms with Gasteiger partial charge in [-0.2, -0.15) is 5.10 Å². The Balaban J connectivity index is 2.18. The minimum Gasteiger partial charge on any atom is -0.381 e. The number of nitrogen functional groups attached to an aromatic ring is 1. The maximum atomic E-state index is 12.5. The van der Waals surface area contributed by atoms with Crippen molar-refractivity contribution in [1.82, 2.24) is 14.5 Å².